The predicted molar refractivity (Wildman–Crippen MR) is 131 cm³/mol. The zero-order chi connectivity index (χ0) is 20.5. The Morgan fingerprint density at radius 1 is 1.06 bits per heavy atom. The Hall–Kier alpha value is -2.60. The first kappa shape index (κ1) is 24.1. The number of aryl methyl sites for hydroxylation is 1. The second kappa shape index (κ2) is 10.3. The molecule has 5 nitrogen and oxygen atoms in total. The highest BCUT2D eigenvalue weighted by molar-refractivity contribution is 5.85. The monoisotopic (exact) mass is 471 g/mol. The summed E-state index contributed by atoms with van der Waals surface area (Å²) in [6.45, 7) is 4.33. The predicted octanol–water partition coefficient (Wildman–Crippen LogP) is 5.13. The molecule has 1 saturated heterocycles. The molecule has 1 unspecified atom stereocenters. The molecule has 3 aromatic rings. The molecule has 1 aromatic heterocycles. The highest BCUT2D eigenvalue weighted by Gasteiger charge is 2.31. The van der Waals surface area contributed by atoms with Gasteiger partial charge in [0.15, 0.2) is 0 Å². The minimum absolute atomic E-state index is 0. The van der Waals surface area contributed by atoms with E-state index >= 15 is 0 Å². The highest BCUT2D eigenvalue weighted by Crippen LogP contribution is 2.44. The van der Waals surface area contributed by atoms with Crippen LogP contribution in [0.4, 0.5) is 4.79 Å². The van der Waals surface area contributed by atoms with Gasteiger partial charge in [-0.1, -0.05) is 48.5 Å². The van der Waals surface area contributed by atoms with E-state index < -0.39 is 0 Å². The van der Waals surface area contributed by atoms with Gasteiger partial charge in [0.05, 0.1) is 6.04 Å². The Balaban J connectivity index is 0.00000144. The Kier molecular flexibility index (Phi) is 7.77. The summed E-state index contributed by atoms with van der Waals surface area (Å²) in [5, 5.41) is 3.49. The van der Waals surface area contributed by atoms with Gasteiger partial charge in [0.25, 0.3) is 0 Å². The molecule has 2 heterocycles. The van der Waals surface area contributed by atoms with Crippen LogP contribution in [0.15, 0.2) is 66.9 Å². The molecule has 1 atom stereocenters. The topological polar surface area (TPSA) is 54.5 Å². The second-order valence-electron chi connectivity index (χ2n) is 7.99. The number of aromatic nitrogens is 1. The molecular formula is C25H27Cl2N3O2. The number of hydrogen-bond donors (Lipinski definition) is 1. The van der Waals surface area contributed by atoms with Crippen molar-refractivity contribution < 1.29 is 9.53 Å². The number of benzene rings is 2. The first-order valence-corrected chi connectivity index (χ1v) is 10.5. The first-order chi connectivity index (χ1) is 14.7. The maximum absolute atomic E-state index is 12.9. The van der Waals surface area contributed by atoms with Gasteiger partial charge in [-0.3, -0.25) is 4.98 Å². The van der Waals surface area contributed by atoms with Gasteiger partial charge < -0.3 is 15.0 Å². The summed E-state index contributed by atoms with van der Waals surface area (Å²) < 4.78 is 5.83. The number of rotatable bonds is 3. The Morgan fingerprint density at radius 2 is 1.72 bits per heavy atom. The average molecular weight is 472 g/mol. The van der Waals surface area contributed by atoms with E-state index in [2.05, 4.69) is 64.9 Å². The summed E-state index contributed by atoms with van der Waals surface area (Å²) in [4.78, 5) is 19.0. The molecule has 7 heteroatoms. The second-order valence-corrected chi connectivity index (χ2v) is 7.99. The van der Waals surface area contributed by atoms with Crippen LogP contribution < -0.4 is 5.32 Å². The lowest BCUT2D eigenvalue weighted by atomic mass is 9.98. The van der Waals surface area contributed by atoms with E-state index in [9.17, 15) is 4.79 Å². The zero-order valence-corrected chi connectivity index (χ0v) is 19.5. The Morgan fingerprint density at radius 3 is 2.38 bits per heavy atom. The minimum atomic E-state index is -0.242. The molecule has 0 bridgehead atoms. The van der Waals surface area contributed by atoms with Crippen molar-refractivity contribution in [2.24, 2.45) is 0 Å². The number of pyridine rings is 1. The van der Waals surface area contributed by atoms with E-state index in [1.165, 1.54) is 22.3 Å². The summed E-state index contributed by atoms with van der Waals surface area (Å²) in [5.74, 6) is 0.0860. The summed E-state index contributed by atoms with van der Waals surface area (Å²) >= 11 is 0. The highest BCUT2D eigenvalue weighted by atomic mass is 35.5. The van der Waals surface area contributed by atoms with Crippen LogP contribution in [-0.2, 0) is 4.74 Å². The van der Waals surface area contributed by atoms with Crippen LogP contribution in [0.5, 0.6) is 0 Å². The molecule has 0 saturated carbocycles. The van der Waals surface area contributed by atoms with Crippen molar-refractivity contribution in [3.63, 3.8) is 0 Å². The number of halogens is 2. The fourth-order valence-corrected chi connectivity index (χ4v) is 4.61. The lowest BCUT2D eigenvalue weighted by molar-refractivity contribution is 0.0883. The van der Waals surface area contributed by atoms with Crippen molar-refractivity contribution in [2.75, 3.05) is 26.2 Å². The van der Waals surface area contributed by atoms with E-state index in [1.807, 2.05) is 24.1 Å². The van der Waals surface area contributed by atoms with Crippen LogP contribution >= 0.6 is 24.8 Å². The van der Waals surface area contributed by atoms with E-state index in [0.717, 1.165) is 17.8 Å². The number of nitrogens with one attached hydrogen (secondary N) is 1. The summed E-state index contributed by atoms with van der Waals surface area (Å²) in [6, 6.07) is 21.0. The number of carbonyl (C=O) groups excluding carboxylic acids is 1. The molecule has 1 amide bonds. The van der Waals surface area contributed by atoms with Crippen molar-refractivity contribution in [3.8, 4) is 11.1 Å². The first-order valence-electron chi connectivity index (χ1n) is 10.5. The van der Waals surface area contributed by atoms with E-state index in [0.29, 0.717) is 19.7 Å². The Labute approximate surface area is 201 Å². The quantitative estimate of drug-likeness (QED) is 0.575. The summed E-state index contributed by atoms with van der Waals surface area (Å²) in [5.41, 5.74) is 7.08. The lowest BCUT2D eigenvalue weighted by Crippen LogP contribution is -2.48. The number of carbonyl (C=O) groups is 1. The third-order valence-corrected chi connectivity index (χ3v) is 6.09. The smallest absolute Gasteiger partial charge is 0.409 e. The maximum Gasteiger partial charge on any atom is 0.409 e. The molecule has 0 spiro atoms. The number of fused-ring (bicyclic) bond motifs is 3. The molecule has 1 fully saturated rings. The molecule has 1 aliphatic carbocycles. The maximum atomic E-state index is 12.9. The van der Waals surface area contributed by atoms with Gasteiger partial charge >= 0.3 is 6.09 Å². The van der Waals surface area contributed by atoms with Gasteiger partial charge in [0.2, 0.25) is 0 Å². The summed E-state index contributed by atoms with van der Waals surface area (Å²) in [6.07, 6.45) is 1.58. The number of nitrogens with zero attached hydrogens (tertiary/aromatic N) is 2. The molecule has 32 heavy (non-hydrogen) atoms. The van der Waals surface area contributed by atoms with Crippen LogP contribution in [-0.4, -0.2) is 42.2 Å². The van der Waals surface area contributed by atoms with Gasteiger partial charge in [-0.15, -0.1) is 24.8 Å². The molecule has 1 N–H and O–H groups in total. The third-order valence-electron chi connectivity index (χ3n) is 6.09. The number of ether oxygens (including phenoxy) is 1. The average Bonchev–Trinajstić information content (AvgIpc) is 3.11. The van der Waals surface area contributed by atoms with Crippen LogP contribution in [0, 0.1) is 6.92 Å². The summed E-state index contributed by atoms with van der Waals surface area (Å²) in [7, 11) is 0. The van der Waals surface area contributed by atoms with E-state index in [4.69, 9.17) is 4.74 Å². The normalized spacial score (nSPS) is 16.9. The van der Waals surface area contributed by atoms with Gasteiger partial charge in [-0.25, -0.2) is 4.79 Å². The van der Waals surface area contributed by atoms with Crippen molar-refractivity contribution in [1.29, 1.82) is 0 Å². The molecule has 2 aromatic carbocycles. The van der Waals surface area contributed by atoms with Gasteiger partial charge in [-0.05, 0) is 46.9 Å². The molecule has 5 rings (SSSR count). The number of piperazine rings is 1. The van der Waals surface area contributed by atoms with Crippen molar-refractivity contribution >= 4 is 30.9 Å². The number of hydrogen-bond acceptors (Lipinski definition) is 4. The lowest BCUT2D eigenvalue weighted by Gasteiger charge is -2.33. The molecule has 1 aliphatic heterocycles. The van der Waals surface area contributed by atoms with Crippen LogP contribution in [0.2, 0.25) is 0 Å². The van der Waals surface area contributed by atoms with Crippen molar-refractivity contribution in [1.82, 2.24) is 15.2 Å². The van der Waals surface area contributed by atoms with Gasteiger partial charge in [-0.2, -0.15) is 0 Å². The standard InChI is InChI=1S/C25H25N3O2.2ClH/c1-17-14-18(10-11-26-17)24-15-28(13-12-27-24)25(29)30-16-23-21-8-4-2-6-19(21)20-7-3-5-9-22(20)23;;/h2-11,14,23-24,27H,12-13,15-16H2,1H3;2*1H. The zero-order valence-electron chi connectivity index (χ0n) is 17.9. The third kappa shape index (κ3) is 4.60. The fraction of sp³-hybridized carbons (Fsp3) is 0.280. The fourth-order valence-electron chi connectivity index (χ4n) is 4.61. The molecule has 168 valence electrons. The van der Waals surface area contributed by atoms with Crippen molar-refractivity contribution in [2.45, 2.75) is 18.9 Å². The van der Waals surface area contributed by atoms with Gasteiger partial charge in [0.1, 0.15) is 6.61 Å². The van der Waals surface area contributed by atoms with Gasteiger partial charge in [0, 0.05) is 37.4 Å². The Bertz CT molecular complexity index is 1050. The van der Waals surface area contributed by atoms with Crippen molar-refractivity contribution in [3.05, 3.63) is 89.2 Å². The van der Waals surface area contributed by atoms with Crippen LogP contribution in [0.25, 0.3) is 11.1 Å². The number of amides is 1. The molecular weight excluding hydrogens is 445 g/mol. The SMILES string of the molecule is Cc1cc(C2CN(C(=O)OCC3c4ccccc4-c4ccccc43)CCN2)ccn1.Cl.Cl. The molecule has 2 aliphatic rings. The molecule has 0 radical (unpaired) electrons. The minimum Gasteiger partial charge on any atom is -0.448 e. The van der Waals surface area contributed by atoms with E-state index in [1.54, 1.807) is 0 Å². The van der Waals surface area contributed by atoms with E-state index in [-0.39, 0.29) is 42.9 Å². The van der Waals surface area contributed by atoms with Crippen LogP contribution in [0.1, 0.15) is 34.3 Å². The largest absolute Gasteiger partial charge is 0.448 e. The van der Waals surface area contributed by atoms with Crippen LogP contribution in [0.3, 0.4) is 0 Å².